The van der Waals surface area contributed by atoms with Crippen molar-refractivity contribution in [3.8, 4) is 17.3 Å². The number of hydrogen-bond donors (Lipinski definition) is 1. The Balaban J connectivity index is 2.28. The fraction of sp³-hybridized carbons (Fsp3) is 0.333. The Bertz CT molecular complexity index is 626. The molecule has 8 nitrogen and oxygen atoms in total. The van der Waals surface area contributed by atoms with Crippen LogP contribution in [0, 0.1) is 6.92 Å². The van der Waals surface area contributed by atoms with Crippen LogP contribution >= 0.6 is 0 Å². The number of nitrogens with zero attached hydrogens (tertiary/aromatic N) is 3. The smallest absolute Gasteiger partial charge is 0.405 e. The van der Waals surface area contributed by atoms with E-state index in [1.54, 1.807) is 19.1 Å². The fourth-order valence-corrected chi connectivity index (χ4v) is 1.61. The number of carbonyl (C=O) groups excluding carboxylic acids is 1. The van der Waals surface area contributed by atoms with Crippen molar-refractivity contribution in [2.75, 3.05) is 7.11 Å². The molecule has 2 heterocycles. The minimum absolute atomic E-state index is 0.159. The number of pyridine rings is 1. The number of methoxy groups -OCH3 is 1. The summed E-state index contributed by atoms with van der Waals surface area (Å²) in [6.45, 7) is 3.41. The Morgan fingerprint density at radius 3 is 2.80 bits per heavy atom. The van der Waals surface area contributed by atoms with E-state index in [2.05, 4.69) is 15.1 Å². The number of aromatic nitrogens is 3. The Kier molecular flexibility index (Phi) is 3.83. The van der Waals surface area contributed by atoms with Gasteiger partial charge in [-0.05, 0) is 19.9 Å². The molecule has 2 aromatic heterocycles. The number of aryl methyl sites for hydroxylation is 1. The Morgan fingerprint density at radius 1 is 1.40 bits per heavy atom. The lowest BCUT2D eigenvalue weighted by Crippen LogP contribution is -2.15. The van der Waals surface area contributed by atoms with Gasteiger partial charge in [0.2, 0.25) is 11.7 Å². The third-order valence-corrected chi connectivity index (χ3v) is 2.48. The highest BCUT2D eigenvalue weighted by molar-refractivity contribution is 5.64. The number of carbonyl (C=O) groups is 1. The molecule has 1 amide bonds. The Hall–Kier alpha value is -2.64. The van der Waals surface area contributed by atoms with Gasteiger partial charge in [-0.15, -0.1) is 0 Å². The monoisotopic (exact) mass is 278 g/mol. The summed E-state index contributed by atoms with van der Waals surface area (Å²) in [6, 6.07) is 3.47. The molecular weight excluding hydrogens is 264 g/mol. The van der Waals surface area contributed by atoms with Crippen molar-refractivity contribution in [2.45, 2.75) is 20.0 Å². The van der Waals surface area contributed by atoms with Crippen LogP contribution in [0.15, 0.2) is 16.7 Å². The SMILES string of the molecule is COc1cc(-c2noc(C(C)OC(N)=O)n2)cc(C)n1. The summed E-state index contributed by atoms with van der Waals surface area (Å²) in [4.78, 5) is 19.0. The molecule has 8 heteroatoms. The van der Waals surface area contributed by atoms with Gasteiger partial charge in [0.15, 0.2) is 6.10 Å². The van der Waals surface area contributed by atoms with E-state index in [1.807, 2.05) is 6.92 Å². The summed E-state index contributed by atoms with van der Waals surface area (Å²) >= 11 is 0. The summed E-state index contributed by atoms with van der Waals surface area (Å²) in [7, 11) is 1.52. The molecular formula is C12H14N4O4. The van der Waals surface area contributed by atoms with Gasteiger partial charge in [-0.3, -0.25) is 0 Å². The normalized spacial score (nSPS) is 11.9. The molecule has 0 bridgehead atoms. The molecule has 1 unspecified atom stereocenters. The minimum Gasteiger partial charge on any atom is -0.481 e. The maximum absolute atomic E-state index is 10.7. The standard InChI is InChI=1S/C12H14N4O4/c1-6-4-8(5-9(14-6)18-3)10-15-11(20-16-10)7(2)19-12(13)17/h4-5,7H,1-3H3,(H2,13,17). The molecule has 0 fully saturated rings. The van der Waals surface area contributed by atoms with E-state index >= 15 is 0 Å². The zero-order valence-corrected chi connectivity index (χ0v) is 11.3. The zero-order valence-electron chi connectivity index (χ0n) is 11.3. The predicted molar refractivity (Wildman–Crippen MR) is 67.9 cm³/mol. The van der Waals surface area contributed by atoms with Crippen molar-refractivity contribution in [3.05, 3.63) is 23.7 Å². The summed E-state index contributed by atoms with van der Waals surface area (Å²) < 4.78 is 14.9. The van der Waals surface area contributed by atoms with Crippen LogP contribution in [0.25, 0.3) is 11.4 Å². The minimum atomic E-state index is -0.904. The van der Waals surface area contributed by atoms with Gasteiger partial charge in [-0.2, -0.15) is 4.98 Å². The predicted octanol–water partition coefficient (Wildman–Crippen LogP) is 1.60. The molecule has 2 rings (SSSR count). The van der Waals surface area contributed by atoms with Crippen molar-refractivity contribution in [2.24, 2.45) is 5.73 Å². The van der Waals surface area contributed by atoms with Crippen molar-refractivity contribution in [1.82, 2.24) is 15.1 Å². The van der Waals surface area contributed by atoms with Gasteiger partial charge in [0, 0.05) is 17.3 Å². The largest absolute Gasteiger partial charge is 0.481 e. The number of hydrogen-bond acceptors (Lipinski definition) is 7. The zero-order chi connectivity index (χ0) is 14.7. The lowest BCUT2D eigenvalue weighted by Gasteiger charge is -2.05. The van der Waals surface area contributed by atoms with Gasteiger partial charge in [-0.1, -0.05) is 5.16 Å². The van der Waals surface area contributed by atoms with Gasteiger partial charge in [0.05, 0.1) is 7.11 Å². The summed E-state index contributed by atoms with van der Waals surface area (Å²) in [5, 5.41) is 3.83. The maximum Gasteiger partial charge on any atom is 0.405 e. The topological polar surface area (TPSA) is 113 Å². The molecule has 1 atom stereocenters. The van der Waals surface area contributed by atoms with Crippen molar-refractivity contribution < 1.29 is 18.8 Å². The summed E-state index contributed by atoms with van der Waals surface area (Å²) in [5.74, 6) is 0.962. The van der Waals surface area contributed by atoms with Crippen molar-refractivity contribution >= 4 is 6.09 Å². The first-order valence-corrected chi connectivity index (χ1v) is 5.82. The van der Waals surface area contributed by atoms with Gasteiger partial charge >= 0.3 is 6.09 Å². The highest BCUT2D eigenvalue weighted by atomic mass is 16.6. The first-order chi connectivity index (χ1) is 9.49. The molecule has 106 valence electrons. The van der Waals surface area contributed by atoms with Crippen LogP contribution < -0.4 is 10.5 Å². The quantitative estimate of drug-likeness (QED) is 0.903. The average molecular weight is 278 g/mol. The number of nitrogens with two attached hydrogens (primary N) is 1. The third-order valence-electron chi connectivity index (χ3n) is 2.48. The van der Waals surface area contributed by atoms with E-state index in [0.717, 1.165) is 5.69 Å². The highest BCUT2D eigenvalue weighted by Crippen LogP contribution is 2.23. The molecule has 20 heavy (non-hydrogen) atoms. The van der Waals surface area contributed by atoms with E-state index < -0.39 is 12.2 Å². The second-order valence-electron chi connectivity index (χ2n) is 4.07. The van der Waals surface area contributed by atoms with Crippen molar-refractivity contribution in [1.29, 1.82) is 0 Å². The molecule has 0 radical (unpaired) electrons. The third kappa shape index (κ3) is 3.02. The Labute approximate surface area is 114 Å². The van der Waals surface area contributed by atoms with Gasteiger partial charge in [0.1, 0.15) is 0 Å². The van der Waals surface area contributed by atoms with Crippen LogP contribution in [0.1, 0.15) is 24.6 Å². The number of ether oxygens (including phenoxy) is 2. The molecule has 0 aliphatic carbocycles. The van der Waals surface area contributed by atoms with Crippen LogP contribution in [0.3, 0.4) is 0 Å². The molecule has 0 aliphatic heterocycles. The van der Waals surface area contributed by atoms with Crippen LogP contribution in [-0.2, 0) is 4.74 Å². The lowest BCUT2D eigenvalue weighted by atomic mass is 10.2. The molecule has 0 aliphatic rings. The molecule has 2 N–H and O–H groups in total. The molecule has 2 aromatic rings. The molecule has 0 aromatic carbocycles. The van der Waals surface area contributed by atoms with Crippen molar-refractivity contribution in [3.63, 3.8) is 0 Å². The first kappa shape index (κ1) is 13.8. The van der Waals surface area contributed by atoms with Crippen LogP contribution in [0.2, 0.25) is 0 Å². The van der Waals surface area contributed by atoms with E-state index in [0.29, 0.717) is 17.3 Å². The average Bonchev–Trinajstić information content (AvgIpc) is 2.86. The van der Waals surface area contributed by atoms with Gasteiger partial charge < -0.3 is 19.7 Å². The van der Waals surface area contributed by atoms with E-state index in [9.17, 15) is 4.79 Å². The fourth-order valence-electron chi connectivity index (χ4n) is 1.61. The summed E-state index contributed by atoms with van der Waals surface area (Å²) in [5.41, 5.74) is 6.38. The number of primary amides is 1. The second kappa shape index (κ2) is 5.55. The van der Waals surface area contributed by atoms with E-state index in [4.69, 9.17) is 19.7 Å². The van der Waals surface area contributed by atoms with E-state index in [1.165, 1.54) is 7.11 Å². The van der Waals surface area contributed by atoms with Crippen LogP contribution in [0.4, 0.5) is 4.79 Å². The number of amides is 1. The highest BCUT2D eigenvalue weighted by Gasteiger charge is 2.18. The van der Waals surface area contributed by atoms with Gasteiger partial charge in [-0.25, -0.2) is 9.78 Å². The van der Waals surface area contributed by atoms with Gasteiger partial charge in [0.25, 0.3) is 5.89 Å². The summed E-state index contributed by atoms with van der Waals surface area (Å²) in [6.07, 6.45) is -1.61. The first-order valence-electron chi connectivity index (χ1n) is 5.82. The van der Waals surface area contributed by atoms with Crippen LogP contribution in [0.5, 0.6) is 5.88 Å². The molecule has 0 saturated carbocycles. The number of rotatable bonds is 4. The molecule has 0 saturated heterocycles. The second-order valence-corrected chi connectivity index (χ2v) is 4.07. The van der Waals surface area contributed by atoms with Crippen LogP contribution in [-0.4, -0.2) is 28.3 Å². The van der Waals surface area contributed by atoms with E-state index in [-0.39, 0.29) is 5.89 Å². The maximum atomic E-state index is 10.7. The molecule has 0 spiro atoms. The lowest BCUT2D eigenvalue weighted by molar-refractivity contribution is 0.0959. The Morgan fingerprint density at radius 2 is 2.15 bits per heavy atom.